The first-order chi connectivity index (χ1) is 16.8. The minimum Gasteiger partial charge on any atom is -0.370 e. The zero-order valence-electron chi connectivity index (χ0n) is 20.4. The predicted octanol–water partition coefficient (Wildman–Crippen LogP) is -0.634. The van der Waals surface area contributed by atoms with Crippen LogP contribution in [0.15, 0.2) is 0 Å². The number of nitrogens with one attached hydrogen (secondary N) is 2. The van der Waals surface area contributed by atoms with Crippen molar-refractivity contribution < 1.29 is 51.9 Å². The van der Waals surface area contributed by atoms with E-state index >= 15 is 0 Å². The van der Waals surface area contributed by atoms with Crippen molar-refractivity contribution in [2.75, 3.05) is 0 Å². The van der Waals surface area contributed by atoms with E-state index in [4.69, 9.17) is 29.0 Å². The van der Waals surface area contributed by atoms with E-state index in [1.54, 1.807) is 13.8 Å². The molecule has 0 amide bonds. The summed E-state index contributed by atoms with van der Waals surface area (Å²) in [6.45, 7) is 3.48. The summed E-state index contributed by atoms with van der Waals surface area (Å²) < 4.78 is 121. The molecule has 0 rings (SSSR count). The third-order valence-electron chi connectivity index (χ3n) is 4.02. The van der Waals surface area contributed by atoms with Gasteiger partial charge in [-0.25, -0.2) is 0 Å². The normalized spacial score (nSPS) is 14.0. The van der Waals surface area contributed by atoms with Gasteiger partial charge >= 0.3 is 0 Å². The van der Waals surface area contributed by atoms with Crippen molar-refractivity contribution in [2.24, 2.45) is 22.9 Å². The highest BCUT2D eigenvalue weighted by Crippen LogP contribution is 2.39. The Bertz CT molecular complexity index is 996. The lowest BCUT2D eigenvalue weighted by Gasteiger charge is -2.20. The topological polar surface area (TPSA) is 369 Å². The molecule has 0 aromatic heterocycles. The minimum atomic E-state index is -5.02. The smallest absolute Gasteiger partial charge is 0.284 e. The highest BCUT2D eigenvalue weighted by atomic mass is 33.1. The van der Waals surface area contributed by atoms with E-state index in [0.29, 0.717) is 12.8 Å². The molecule has 18 nitrogen and oxygen atoms in total. The fourth-order valence-corrected chi connectivity index (χ4v) is 9.93. The van der Waals surface area contributed by atoms with Gasteiger partial charge in [0.25, 0.3) is 40.5 Å². The molecule has 0 bridgehead atoms. The van der Waals surface area contributed by atoms with Crippen LogP contribution in [-0.2, 0) is 40.5 Å². The molecule has 38 heavy (non-hydrogen) atoms. The largest absolute Gasteiger partial charge is 0.370 e. The van der Waals surface area contributed by atoms with Gasteiger partial charge in [0.05, 0.1) is 0 Å². The second-order valence-electron chi connectivity index (χ2n) is 7.24. The summed E-state index contributed by atoms with van der Waals surface area (Å²) in [5.74, 6) is -0.667. The van der Waals surface area contributed by atoms with E-state index < -0.39 is 62.5 Å². The molecule has 2 atom stereocenters. The molecule has 2 unspecified atom stereocenters. The van der Waals surface area contributed by atoms with Crippen LogP contribution >= 0.6 is 21.6 Å². The third kappa shape index (κ3) is 22.8. The Labute approximate surface area is 230 Å². The van der Waals surface area contributed by atoms with Crippen LogP contribution in [0.2, 0.25) is 0 Å². The van der Waals surface area contributed by atoms with Crippen molar-refractivity contribution in [1.82, 2.24) is 0 Å². The van der Waals surface area contributed by atoms with Gasteiger partial charge in [-0.2, -0.15) is 33.7 Å². The van der Waals surface area contributed by atoms with E-state index in [1.165, 1.54) is 21.6 Å². The molecule has 0 aromatic carbocycles. The quantitative estimate of drug-likeness (QED) is 0.0447. The molecule has 24 heteroatoms. The molecule has 0 spiro atoms. The average molecular weight is 673 g/mol. The van der Waals surface area contributed by atoms with E-state index in [0.717, 1.165) is 0 Å². The van der Waals surface area contributed by atoms with Crippen LogP contribution in [0, 0.1) is 10.8 Å². The van der Waals surface area contributed by atoms with Crippen LogP contribution in [0.1, 0.15) is 52.4 Å². The van der Waals surface area contributed by atoms with Crippen molar-refractivity contribution in [3.8, 4) is 0 Å². The maximum absolute atomic E-state index is 11.2. The summed E-state index contributed by atoms with van der Waals surface area (Å²) >= 11 is 0. The summed E-state index contributed by atoms with van der Waals surface area (Å²) in [4.78, 5) is 0. The lowest BCUT2D eigenvalue weighted by Crippen LogP contribution is -2.30. The molecule has 0 saturated carbocycles. The van der Waals surface area contributed by atoms with Gasteiger partial charge in [0, 0.05) is 10.5 Å². The zero-order chi connectivity index (χ0) is 31.1. The SMILES string of the molecule is CCC(CCC(S(=O)(=O)O)S(=O)(=O)O)SSC(CC)CCC(S(=O)(=O)O)S(=O)(=O)O.N=C(N)N.N=C(N)N. The fourth-order valence-electron chi connectivity index (χ4n) is 2.34. The Hall–Kier alpha value is -1.12. The van der Waals surface area contributed by atoms with Crippen molar-refractivity contribution in [3.05, 3.63) is 0 Å². The Kier molecular flexibility index (Phi) is 19.9. The molecule has 0 fully saturated rings. The Morgan fingerprint density at radius 3 is 0.895 bits per heavy atom. The summed E-state index contributed by atoms with van der Waals surface area (Å²) in [5, 5.41) is 11.5. The lowest BCUT2D eigenvalue weighted by molar-refractivity contribution is 0.443. The van der Waals surface area contributed by atoms with Gasteiger partial charge < -0.3 is 22.9 Å². The molecule has 0 aromatic rings. The average Bonchev–Trinajstić information content (AvgIpc) is 2.63. The van der Waals surface area contributed by atoms with Gasteiger partial charge in [0.2, 0.25) is 9.16 Å². The van der Waals surface area contributed by atoms with Crippen LogP contribution in [-0.4, -0.2) is 83.5 Å². The molecular formula is C14H36N6O12S6. The predicted molar refractivity (Wildman–Crippen MR) is 148 cm³/mol. The first-order valence-corrected chi connectivity index (χ1v) is 18.5. The molecule has 0 saturated heterocycles. The van der Waals surface area contributed by atoms with E-state index in [1.807, 2.05) is 0 Å². The Morgan fingerprint density at radius 1 is 0.579 bits per heavy atom. The summed E-state index contributed by atoms with van der Waals surface area (Å²) in [5.41, 5.74) is 17.9. The highest BCUT2D eigenvalue weighted by Gasteiger charge is 2.37. The standard InChI is InChI=1S/C12H26O12S6.2CH5N3/c1-3-9(5-7-11(27(13,14)15)28(16,17)18)25-26-10(4-2)6-8-12(29(19,20)21)30(22,23)24;2*2-1(3)4/h9-12H,3-8H2,1-2H3,(H,13,14,15)(H,16,17,18)(H,19,20,21)(H,22,23,24);2*(H5,2,3,4). The molecule has 230 valence electrons. The fraction of sp³-hybridized carbons (Fsp3) is 0.857. The van der Waals surface area contributed by atoms with Gasteiger partial charge in [-0.1, -0.05) is 35.4 Å². The van der Waals surface area contributed by atoms with Gasteiger partial charge in [-0.05, 0) is 38.5 Å². The van der Waals surface area contributed by atoms with Crippen LogP contribution in [0.4, 0.5) is 0 Å². The number of guanidine groups is 2. The number of hydrogen-bond donors (Lipinski definition) is 10. The van der Waals surface area contributed by atoms with Gasteiger partial charge in [0.15, 0.2) is 11.9 Å². The van der Waals surface area contributed by atoms with Gasteiger partial charge in [0.1, 0.15) is 0 Å². The monoisotopic (exact) mass is 672 g/mol. The maximum Gasteiger partial charge on any atom is 0.284 e. The second kappa shape index (κ2) is 18.3. The zero-order valence-corrected chi connectivity index (χ0v) is 25.3. The molecule has 0 aliphatic rings. The summed E-state index contributed by atoms with van der Waals surface area (Å²) in [6, 6.07) is 0. The van der Waals surface area contributed by atoms with E-state index in [9.17, 15) is 33.7 Å². The Morgan fingerprint density at radius 2 is 0.763 bits per heavy atom. The van der Waals surface area contributed by atoms with Crippen LogP contribution in [0.25, 0.3) is 0 Å². The second-order valence-corrected chi connectivity index (χ2v) is 17.1. The highest BCUT2D eigenvalue weighted by molar-refractivity contribution is 8.77. The lowest BCUT2D eigenvalue weighted by atomic mass is 10.2. The molecule has 0 heterocycles. The minimum absolute atomic E-state index is 0.00745. The summed E-state index contributed by atoms with van der Waals surface area (Å²) in [6.07, 6.45) is -0.143. The molecule has 0 aliphatic heterocycles. The van der Waals surface area contributed by atoms with Crippen LogP contribution in [0.3, 0.4) is 0 Å². The maximum atomic E-state index is 11.2. The van der Waals surface area contributed by atoms with Crippen molar-refractivity contribution in [3.63, 3.8) is 0 Å². The van der Waals surface area contributed by atoms with Crippen LogP contribution in [0.5, 0.6) is 0 Å². The molecule has 14 N–H and O–H groups in total. The van der Waals surface area contributed by atoms with Crippen LogP contribution < -0.4 is 22.9 Å². The van der Waals surface area contributed by atoms with Crippen molar-refractivity contribution in [2.45, 2.75) is 72.0 Å². The van der Waals surface area contributed by atoms with E-state index in [2.05, 4.69) is 22.9 Å². The van der Waals surface area contributed by atoms with Crippen molar-refractivity contribution in [1.29, 1.82) is 10.8 Å². The molecule has 0 radical (unpaired) electrons. The number of rotatable bonds is 15. The Balaban J connectivity index is -0.00000133. The molecular weight excluding hydrogens is 637 g/mol. The number of nitrogens with two attached hydrogens (primary N) is 4. The van der Waals surface area contributed by atoms with Gasteiger partial charge in [-0.15, -0.1) is 0 Å². The summed E-state index contributed by atoms with van der Waals surface area (Å²) in [7, 11) is -17.6. The first kappa shape index (κ1) is 41.4. The van der Waals surface area contributed by atoms with Crippen molar-refractivity contribution >= 4 is 74.0 Å². The third-order valence-corrected chi connectivity index (χ3v) is 14.3. The number of hydrogen-bond acceptors (Lipinski definition) is 12. The van der Waals surface area contributed by atoms with Gasteiger partial charge in [-0.3, -0.25) is 29.0 Å². The first-order valence-electron chi connectivity index (χ1n) is 10.2. The molecule has 0 aliphatic carbocycles. The van der Waals surface area contributed by atoms with E-state index in [-0.39, 0.29) is 35.3 Å².